The first-order valence-electron chi connectivity index (χ1n) is 9.14. The highest BCUT2D eigenvalue weighted by Gasteiger charge is 2.36. The number of pyridine rings is 1. The summed E-state index contributed by atoms with van der Waals surface area (Å²) in [6, 6.07) is 2.26. The van der Waals surface area contributed by atoms with Crippen molar-refractivity contribution in [2.45, 2.75) is 59.5 Å². The van der Waals surface area contributed by atoms with E-state index in [2.05, 4.69) is 37.8 Å². The van der Waals surface area contributed by atoms with Crippen LogP contribution in [0.15, 0.2) is 12.3 Å². The standard InChI is InChI=1S/C19H29N5O/c1-6-13(3)24-17-15(10-21-24)14(9-12(2)22-17)18(25)23-8-7-16(20)19(4,5)11-23/h9-10,13,16H,6-8,11,20H2,1-5H3. The molecular weight excluding hydrogens is 314 g/mol. The fourth-order valence-electron chi connectivity index (χ4n) is 3.53. The Morgan fingerprint density at radius 1 is 1.48 bits per heavy atom. The maximum absolute atomic E-state index is 13.2. The molecule has 3 heterocycles. The number of aromatic nitrogens is 3. The van der Waals surface area contributed by atoms with E-state index in [1.54, 1.807) is 6.20 Å². The van der Waals surface area contributed by atoms with Crippen molar-refractivity contribution in [1.29, 1.82) is 0 Å². The number of likely N-dealkylation sites (tertiary alicyclic amines) is 1. The molecule has 0 saturated carbocycles. The Balaban J connectivity index is 2.01. The summed E-state index contributed by atoms with van der Waals surface area (Å²) >= 11 is 0. The normalized spacial score (nSPS) is 21.5. The fourth-order valence-corrected chi connectivity index (χ4v) is 3.53. The van der Waals surface area contributed by atoms with Gasteiger partial charge in [-0.25, -0.2) is 9.67 Å². The van der Waals surface area contributed by atoms with Crippen molar-refractivity contribution in [2.75, 3.05) is 13.1 Å². The lowest BCUT2D eigenvalue weighted by Crippen LogP contribution is -2.54. The minimum atomic E-state index is -0.0734. The van der Waals surface area contributed by atoms with E-state index in [1.807, 2.05) is 22.6 Å². The Morgan fingerprint density at radius 3 is 2.84 bits per heavy atom. The highest BCUT2D eigenvalue weighted by atomic mass is 16.2. The van der Waals surface area contributed by atoms with Crippen LogP contribution >= 0.6 is 0 Å². The van der Waals surface area contributed by atoms with E-state index in [0.29, 0.717) is 18.7 Å². The Bertz CT molecular complexity index is 794. The highest BCUT2D eigenvalue weighted by molar-refractivity contribution is 6.05. The fraction of sp³-hybridized carbons (Fsp3) is 0.632. The third kappa shape index (κ3) is 3.15. The van der Waals surface area contributed by atoms with E-state index in [-0.39, 0.29) is 23.4 Å². The molecule has 1 aliphatic heterocycles. The Labute approximate surface area is 149 Å². The lowest BCUT2D eigenvalue weighted by atomic mass is 9.79. The van der Waals surface area contributed by atoms with Crippen LogP contribution in [0.2, 0.25) is 0 Å². The zero-order valence-corrected chi connectivity index (χ0v) is 15.9. The van der Waals surface area contributed by atoms with Gasteiger partial charge < -0.3 is 10.6 Å². The van der Waals surface area contributed by atoms with Gasteiger partial charge in [0.2, 0.25) is 0 Å². The minimum absolute atomic E-state index is 0.0548. The number of hydrogen-bond acceptors (Lipinski definition) is 4. The quantitative estimate of drug-likeness (QED) is 0.929. The number of carbonyl (C=O) groups is 1. The summed E-state index contributed by atoms with van der Waals surface area (Å²) in [5, 5.41) is 5.34. The monoisotopic (exact) mass is 343 g/mol. The summed E-state index contributed by atoms with van der Waals surface area (Å²) in [5.74, 6) is 0.0548. The average Bonchev–Trinajstić information content (AvgIpc) is 2.98. The Hall–Kier alpha value is -1.95. The first-order valence-corrected chi connectivity index (χ1v) is 9.14. The molecular formula is C19H29N5O. The molecule has 1 amide bonds. The summed E-state index contributed by atoms with van der Waals surface area (Å²) < 4.78 is 1.93. The third-order valence-electron chi connectivity index (χ3n) is 5.53. The van der Waals surface area contributed by atoms with Crippen LogP contribution in [0, 0.1) is 12.3 Å². The summed E-state index contributed by atoms with van der Waals surface area (Å²) in [6.07, 6.45) is 3.58. The van der Waals surface area contributed by atoms with Crippen molar-refractivity contribution in [2.24, 2.45) is 11.1 Å². The number of nitrogens with zero attached hydrogens (tertiary/aromatic N) is 4. The lowest BCUT2D eigenvalue weighted by Gasteiger charge is -2.42. The second-order valence-electron chi connectivity index (χ2n) is 8.01. The maximum atomic E-state index is 13.2. The molecule has 2 N–H and O–H groups in total. The number of nitrogens with two attached hydrogens (primary N) is 1. The van der Waals surface area contributed by atoms with Crippen LogP contribution in [0.3, 0.4) is 0 Å². The van der Waals surface area contributed by atoms with E-state index in [0.717, 1.165) is 29.6 Å². The predicted octanol–water partition coefficient (Wildman–Crippen LogP) is 2.91. The molecule has 1 saturated heterocycles. The van der Waals surface area contributed by atoms with Crippen molar-refractivity contribution >= 4 is 16.9 Å². The smallest absolute Gasteiger partial charge is 0.254 e. The molecule has 2 aromatic heterocycles. The summed E-state index contributed by atoms with van der Waals surface area (Å²) in [5.41, 5.74) is 8.48. The Kier molecular flexibility index (Phi) is 4.58. The molecule has 2 atom stereocenters. The van der Waals surface area contributed by atoms with Gasteiger partial charge in [0, 0.05) is 24.8 Å². The molecule has 0 bridgehead atoms. The highest BCUT2D eigenvalue weighted by Crippen LogP contribution is 2.30. The third-order valence-corrected chi connectivity index (χ3v) is 5.53. The molecule has 0 spiro atoms. The van der Waals surface area contributed by atoms with Gasteiger partial charge in [0.25, 0.3) is 5.91 Å². The zero-order chi connectivity index (χ0) is 18.4. The number of carbonyl (C=O) groups excluding carboxylic acids is 1. The number of piperidine rings is 1. The van der Waals surface area contributed by atoms with Gasteiger partial charge in [0.05, 0.1) is 23.2 Å². The van der Waals surface area contributed by atoms with Gasteiger partial charge in [-0.3, -0.25) is 4.79 Å². The van der Waals surface area contributed by atoms with Crippen LogP contribution in [0.4, 0.5) is 0 Å². The predicted molar refractivity (Wildman–Crippen MR) is 99.5 cm³/mol. The molecule has 0 radical (unpaired) electrons. The van der Waals surface area contributed by atoms with Crippen molar-refractivity contribution in [3.63, 3.8) is 0 Å². The number of amides is 1. The second-order valence-corrected chi connectivity index (χ2v) is 8.01. The van der Waals surface area contributed by atoms with Crippen LogP contribution in [0.5, 0.6) is 0 Å². The van der Waals surface area contributed by atoms with Crippen molar-refractivity contribution < 1.29 is 4.79 Å². The lowest BCUT2D eigenvalue weighted by molar-refractivity contribution is 0.0534. The zero-order valence-electron chi connectivity index (χ0n) is 15.9. The van der Waals surface area contributed by atoms with Crippen LogP contribution in [0.25, 0.3) is 11.0 Å². The maximum Gasteiger partial charge on any atom is 0.254 e. The topological polar surface area (TPSA) is 77.0 Å². The second kappa shape index (κ2) is 6.41. The van der Waals surface area contributed by atoms with Gasteiger partial charge in [0.15, 0.2) is 5.65 Å². The number of hydrogen-bond donors (Lipinski definition) is 1. The molecule has 6 heteroatoms. The molecule has 0 aliphatic carbocycles. The number of aryl methyl sites for hydroxylation is 1. The van der Waals surface area contributed by atoms with Crippen molar-refractivity contribution in [3.05, 3.63) is 23.5 Å². The van der Waals surface area contributed by atoms with E-state index < -0.39 is 0 Å². The van der Waals surface area contributed by atoms with Gasteiger partial charge in [-0.05, 0) is 38.2 Å². The molecule has 1 aliphatic rings. The van der Waals surface area contributed by atoms with E-state index in [9.17, 15) is 4.79 Å². The SMILES string of the molecule is CCC(C)n1ncc2c(C(=O)N3CCC(N)C(C)(C)C3)cc(C)nc21. The molecule has 1 fully saturated rings. The summed E-state index contributed by atoms with van der Waals surface area (Å²) in [4.78, 5) is 19.8. The minimum Gasteiger partial charge on any atom is -0.338 e. The number of fused-ring (bicyclic) bond motifs is 1. The first-order chi connectivity index (χ1) is 11.7. The van der Waals surface area contributed by atoms with E-state index in [1.165, 1.54) is 0 Å². The van der Waals surface area contributed by atoms with Gasteiger partial charge in [0.1, 0.15) is 0 Å². The molecule has 25 heavy (non-hydrogen) atoms. The van der Waals surface area contributed by atoms with Gasteiger partial charge in [-0.2, -0.15) is 5.10 Å². The molecule has 2 unspecified atom stereocenters. The molecule has 6 nitrogen and oxygen atoms in total. The Morgan fingerprint density at radius 2 is 2.20 bits per heavy atom. The molecule has 0 aromatic carbocycles. The van der Waals surface area contributed by atoms with Crippen LogP contribution in [0.1, 0.15) is 62.6 Å². The first kappa shape index (κ1) is 17.9. The van der Waals surface area contributed by atoms with E-state index >= 15 is 0 Å². The molecule has 3 rings (SSSR count). The number of rotatable bonds is 3. The van der Waals surface area contributed by atoms with Gasteiger partial charge in [-0.15, -0.1) is 0 Å². The van der Waals surface area contributed by atoms with Gasteiger partial charge >= 0.3 is 0 Å². The van der Waals surface area contributed by atoms with E-state index in [4.69, 9.17) is 5.73 Å². The van der Waals surface area contributed by atoms with Gasteiger partial charge in [-0.1, -0.05) is 20.8 Å². The molecule has 136 valence electrons. The average molecular weight is 343 g/mol. The summed E-state index contributed by atoms with van der Waals surface area (Å²) in [7, 11) is 0. The van der Waals surface area contributed by atoms with Crippen LogP contribution in [-0.2, 0) is 0 Å². The van der Waals surface area contributed by atoms with Crippen molar-refractivity contribution in [1.82, 2.24) is 19.7 Å². The van der Waals surface area contributed by atoms with Crippen molar-refractivity contribution in [3.8, 4) is 0 Å². The summed E-state index contributed by atoms with van der Waals surface area (Å²) in [6.45, 7) is 11.8. The van der Waals surface area contributed by atoms with Crippen LogP contribution in [-0.4, -0.2) is 44.7 Å². The largest absolute Gasteiger partial charge is 0.338 e. The molecule has 2 aromatic rings. The van der Waals surface area contributed by atoms with Crippen LogP contribution < -0.4 is 5.73 Å².